The quantitative estimate of drug-likeness (QED) is 0.432. The van der Waals surface area contributed by atoms with Crippen LogP contribution in [-0.4, -0.2) is 28.5 Å². The maximum absolute atomic E-state index is 13.4. The first-order valence-corrected chi connectivity index (χ1v) is 11.9. The van der Waals surface area contributed by atoms with Crippen LogP contribution < -0.4 is 4.74 Å². The molecule has 1 aliphatic carbocycles. The summed E-state index contributed by atoms with van der Waals surface area (Å²) in [5.41, 5.74) is 4.53. The Hall–Kier alpha value is -3.60. The van der Waals surface area contributed by atoms with Gasteiger partial charge in [0.05, 0.1) is 0 Å². The molecule has 0 saturated carbocycles. The van der Waals surface area contributed by atoms with Crippen LogP contribution in [0, 0.1) is 0 Å². The van der Waals surface area contributed by atoms with Gasteiger partial charge in [-0.1, -0.05) is 72.8 Å². The summed E-state index contributed by atoms with van der Waals surface area (Å²) < 4.78 is 5.54. The second-order valence-electron chi connectivity index (χ2n) is 8.86. The Morgan fingerprint density at radius 1 is 0.882 bits per heavy atom. The van der Waals surface area contributed by atoms with E-state index in [0.29, 0.717) is 25.3 Å². The zero-order valence-corrected chi connectivity index (χ0v) is 19.4. The lowest BCUT2D eigenvalue weighted by molar-refractivity contribution is -0.139. The van der Waals surface area contributed by atoms with Gasteiger partial charge in [-0.2, -0.15) is 0 Å². The number of carboxylic acids is 1. The number of fused-ring (bicyclic) bond motifs is 1. The zero-order valence-electron chi connectivity index (χ0n) is 19.4. The number of hydrogen-bond donors (Lipinski definition) is 1. The number of carbonyl (C=O) groups is 2. The number of carbonyl (C=O) groups excluding carboxylic acids is 1. The molecule has 1 unspecified atom stereocenters. The van der Waals surface area contributed by atoms with Crippen molar-refractivity contribution in [3.63, 3.8) is 0 Å². The van der Waals surface area contributed by atoms with Crippen LogP contribution in [0.3, 0.4) is 0 Å². The highest BCUT2D eigenvalue weighted by molar-refractivity contribution is 5.76. The van der Waals surface area contributed by atoms with Gasteiger partial charge in [0.25, 0.3) is 0 Å². The van der Waals surface area contributed by atoms with Gasteiger partial charge in [-0.25, -0.2) is 4.79 Å². The number of ether oxygens (including phenoxy) is 1. The first-order valence-electron chi connectivity index (χ1n) is 11.9. The van der Waals surface area contributed by atoms with Crippen molar-refractivity contribution in [2.24, 2.45) is 0 Å². The van der Waals surface area contributed by atoms with E-state index in [1.54, 1.807) is 0 Å². The lowest BCUT2D eigenvalue weighted by Gasteiger charge is -2.28. The number of rotatable bonds is 10. The number of carboxylic acid groups (broad SMARTS) is 1. The molecule has 0 aromatic heterocycles. The average molecular weight is 458 g/mol. The maximum atomic E-state index is 13.4. The van der Waals surface area contributed by atoms with Gasteiger partial charge in [-0.15, -0.1) is 0 Å². The van der Waals surface area contributed by atoms with E-state index in [9.17, 15) is 9.59 Å². The number of benzene rings is 3. The van der Waals surface area contributed by atoms with Crippen LogP contribution in [0.4, 0.5) is 0 Å². The minimum absolute atomic E-state index is 0.151. The molecule has 176 valence electrons. The first-order chi connectivity index (χ1) is 16.6. The number of amides is 1. The minimum Gasteiger partial charge on any atom is -0.482 e. The van der Waals surface area contributed by atoms with Gasteiger partial charge >= 0.3 is 5.97 Å². The van der Waals surface area contributed by atoms with Gasteiger partial charge in [0.15, 0.2) is 6.61 Å². The van der Waals surface area contributed by atoms with Crippen molar-refractivity contribution in [3.8, 4) is 5.75 Å². The van der Waals surface area contributed by atoms with Crippen LogP contribution in [-0.2, 0) is 29.1 Å². The predicted molar refractivity (Wildman–Crippen MR) is 132 cm³/mol. The fourth-order valence-corrected chi connectivity index (χ4v) is 4.78. The molecule has 1 amide bonds. The van der Waals surface area contributed by atoms with E-state index < -0.39 is 5.97 Å². The summed E-state index contributed by atoms with van der Waals surface area (Å²) in [6, 6.07) is 26.1. The van der Waals surface area contributed by atoms with Crippen molar-refractivity contribution < 1.29 is 19.4 Å². The summed E-state index contributed by atoms with van der Waals surface area (Å²) in [4.78, 5) is 26.3. The Morgan fingerprint density at radius 2 is 1.53 bits per heavy atom. The number of nitrogens with zero attached hydrogens (tertiary/aromatic N) is 1. The molecule has 0 saturated heterocycles. The summed E-state index contributed by atoms with van der Waals surface area (Å²) >= 11 is 0. The molecule has 0 aliphatic heterocycles. The Bertz CT molecular complexity index is 1060. The molecule has 0 fully saturated rings. The topological polar surface area (TPSA) is 66.8 Å². The lowest BCUT2D eigenvalue weighted by atomic mass is 9.80. The van der Waals surface area contributed by atoms with Crippen LogP contribution in [0.25, 0.3) is 0 Å². The molecule has 1 N–H and O–H groups in total. The number of hydrogen-bond acceptors (Lipinski definition) is 3. The SMILES string of the molecule is O=C(O)COc1cccc2c1CCCC2CCC(=O)N(Cc1ccccc1)Cc1ccccc1. The molecule has 0 radical (unpaired) electrons. The van der Waals surface area contributed by atoms with E-state index in [2.05, 4.69) is 30.3 Å². The van der Waals surface area contributed by atoms with Crippen molar-refractivity contribution in [3.05, 3.63) is 101 Å². The molecule has 1 atom stereocenters. The highest BCUT2D eigenvalue weighted by atomic mass is 16.5. The standard InChI is InChI=1S/C29H31NO4/c31-28(30(19-22-9-3-1-4-10-22)20-23-11-5-2-6-12-23)18-17-24-13-7-15-26-25(24)14-8-16-27(26)34-21-29(32)33/h1-6,8-12,14,16,24H,7,13,15,17-21H2,(H,32,33). The zero-order chi connectivity index (χ0) is 23.8. The number of aliphatic carboxylic acids is 1. The minimum atomic E-state index is -0.979. The van der Waals surface area contributed by atoms with Crippen molar-refractivity contribution >= 4 is 11.9 Å². The van der Waals surface area contributed by atoms with E-state index in [1.807, 2.05) is 53.4 Å². The Balaban J connectivity index is 1.45. The molecule has 3 aromatic carbocycles. The van der Waals surface area contributed by atoms with E-state index in [-0.39, 0.29) is 18.4 Å². The molecule has 3 aromatic rings. The molecule has 0 heterocycles. The monoisotopic (exact) mass is 457 g/mol. The van der Waals surface area contributed by atoms with E-state index in [1.165, 1.54) is 5.56 Å². The summed E-state index contributed by atoms with van der Waals surface area (Å²) in [5.74, 6) is 0.104. The van der Waals surface area contributed by atoms with Crippen LogP contribution in [0.2, 0.25) is 0 Å². The smallest absolute Gasteiger partial charge is 0.341 e. The van der Waals surface area contributed by atoms with Crippen LogP contribution in [0.5, 0.6) is 5.75 Å². The molecular weight excluding hydrogens is 426 g/mol. The van der Waals surface area contributed by atoms with Gasteiger partial charge in [-0.3, -0.25) is 4.79 Å². The molecule has 1 aliphatic rings. The highest BCUT2D eigenvalue weighted by Crippen LogP contribution is 2.39. The summed E-state index contributed by atoms with van der Waals surface area (Å²) in [5, 5.41) is 8.97. The largest absolute Gasteiger partial charge is 0.482 e. The van der Waals surface area contributed by atoms with Crippen LogP contribution in [0.1, 0.15) is 53.9 Å². The Morgan fingerprint density at radius 3 is 2.15 bits per heavy atom. The third kappa shape index (κ3) is 6.25. The van der Waals surface area contributed by atoms with Crippen LogP contribution in [0.15, 0.2) is 78.9 Å². The maximum Gasteiger partial charge on any atom is 0.341 e. The molecule has 0 spiro atoms. The summed E-state index contributed by atoms with van der Waals surface area (Å²) in [6.07, 6.45) is 4.17. The molecule has 0 bridgehead atoms. The van der Waals surface area contributed by atoms with Gasteiger partial charge in [0.1, 0.15) is 5.75 Å². The molecule has 4 rings (SSSR count). The molecule has 5 nitrogen and oxygen atoms in total. The van der Waals surface area contributed by atoms with Crippen molar-refractivity contribution in [1.82, 2.24) is 4.90 Å². The van der Waals surface area contributed by atoms with Crippen molar-refractivity contribution in [1.29, 1.82) is 0 Å². The normalized spacial score (nSPS) is 14.8. The lowest BCUT2D eigenvalue weighted by Crippen LogP contribution is -2.30. The fourth-order valence-electron chi connectivity index (χ4n) is 4.78. The van der Waals surface area contributed by atoms with Crippen molar-refractivity contribution in [2.45, 2.75) is 51.1 Å². The average Bonchev–Trinajstić information content (AvgIpc) is 2.86. The Labute approximate surface area is 201 Å². The summed E-state index contributed by atoms with van der Waals surface area (Å²) in [7, 11) is 0. The second kappa shape index (κ2) is 11.5. The van der Waals surface area contributed by atoms with E-state index >= 15 is 0 Å². The van der Waals surface area contributed by atoms with Gasteiger partial charge in [0, 0.05) is 19.5 Å². The molecule has 34 heavy (non-hydrogen) atoms. The Kier molecular flexibility index (Phi) is 7.97. The van der Waals surface area contributed by atoms with E-state index in [0.717, 1.165) is 42.4 Å². The van der Waals surface area contributed by atoms with Gasteiger partial charge < -0.3 is 14.7 Å². The fraction of sp³-hybridized carbons (Fsp3) is 0.310. The van der Waals surface area contributed by atoms with Crippen LogP contribution >= 0.6 is 0 Å². The first kappa shape index (κ1) is 23.6. The molecule has 5 heteroatoms. The van der Waals surface area contributed by atoms with Gasteiger partial charge in [-0.05, 0) is 59.9 Å². The third-order valence-electron chi connectivity index (χ3n) is 6.43. The highest BCUT2D eigenvalue weighted by Gasteiger charge is 2.25. The van der Waals surface area contributed by atoms with Gasteiger partial charge in [0.2, 0.25) is 5.91 Å². The summed E-state index contributed by atoms with van der Waals surface area (Å²) in [6.45, 7) is 0.833. The third-order valence-corrected chi connectivity index (χ3v) is 6.43. The van der Waals surface area contributed by atoms with Crippen molar-refractivity contribution in [2.75, 3.05) is 6.61 Å². The second-order valence-corrected chi connectivity index (χ2v) is 8.86. The predicted octanol–water partition coefficient (Wildman–Crippen LogP) is 5.58. The van der Waals surface area contributed by atoms with E-state index in [4.69, 9.17) is 9.84 Å². The molecular formula is C29H31NO4.